The molecule has 0 bridgehead atoms. The van der Waals surface area contributed by atoms with E-state index in [9.17, 15) is 5.11 Å². The zero-order valence-electron chi connectivity index (χ0n) is 11.0. The van der Waals surface area contributed by atoms with E-state index in [4.69, 9.17) is 4.74 Å². The number of ether oxygens (including phenoxy) is 1. The summed E-state index contributed by atoms with van der Waals surface area (Å²) in [7, 11) is 0. The van der Waals surface area contributed by atoms with Crippen molar-refractivity contribution in [2.24, 2.45) is 0 Å². The van der Waals surface area contributed by atoms with Gasteiger partial charge in [0.2, 0.25) is 0 Å². The molecule has 0 amide bonds. The van der Waals surface area contributed by atoms with Crippen LogP contribution in [0.3, 0.4) is 0 Å². The molecular formula is C16H17BrO2. The molecule has 0 saturated heterocycles. The highest BCUT2D eigenvalue weighted by molar-refractivity contribution is 9.10. The summed E-state index contributed by atoms with van der Waals surface area (Å²) >= 11 is 3.49. The third-order valence-electron chi connectivity index (χ3n) is 2.75. The molecule has 0 aliphatic rings. The number of aliphatic hydroxyl groups excluding tert-OH is 1. The average Bonchev–Trinajstić information content (AvgIpc) is 2.38. The molecule has 100 valence electrons. The number of rotatable bonds is 4. The van der Waals surface area contributed by atoms with Crippen LogP contribution in [0.15, 0.2) is 53.0 Å². The number of hydrogen-bond donors (Lipinski definition) is 1. The van der Waals surface area contributed by atoms with Gasteiger partial charge in [0.25, 0.3) is 0 Å². The van der Waals surface area contributed by atoms with Crippen LogP contribution in [0.1, 0.15) is 31.1 Å². The Hall–Kier alpha value is -1.32. The summed E-state index contributed by atoms with van der Waals surface area (Å²) in [5, 5.41) is 10.4. The highest BCUT2D eigenvalue weighted by Crippen LogP contribution is 2.31. The van der Waals surface area contributed by atoms with Gasteiger partial charge in [0.05, 0.1) is 6.10 Å². The minimum absolute atomic E-state index is 0.136. The SMILES string of the molecule is CC(C)Oc1ccc(C(O)c2ccccc2)c(Br)c1. The topological polar surface area (TPSA) is 29.5 Å². The molecule has 0 aromatic heterocycles. The molecular weight excluding hydrogens is 304 g/mol. The van der Waals surface area contributed by atoms with E-state index in [0.29, 0.717) is 0 Å². The van der Waals surface area contributed by atoms with Crippen molar-refractivity contribution in [3.63, 3.8) is 0 Å². The summed E-state index contributed by atoms with van der Waals surface area (Å²) in [4.78, 5) is 0. The molecule has 0 aliphatic carbocycles. The fourth-order valence-electron chi connectivity index (χ4n) is 1.89. The van der Waals surface area contributed by atoms with Crippen LogP contribution in [0.4, 0.5) is 0 Å². The van der Waals surface area contributed by atoms with Crippen LogP contribution in [-0.2, 0) is 0 Å². The Kier molecular flexibility index (Phi) is 4.61. The smallest absolute Gasteiger partial charge is 0.120 e. The lowest BCUT2D eigenvalue weighted by molar-refractivity contribution is 0.218. The Labute approximate surface area is 122 Å². The molecule has 2 aromatic rings. The van der Waals surface area contributed by atoms with Crippen LogP contribution in [0.25, 0.3) is 0 Å². The summed E-state index contributed by atoms with van der Waals surface area (Å²) in [6.07, 6.45) is -0.500. The maximum Gasteiger partial charge on any atom is 0.120 e. The molecule has 0 spiro atoms. The second-order valence-electron chi connectivity index (χ2n) is 4.66. The van der Waals surface area contributed by atoms with E-state index in [0.717, 1.165) is 21.3 Å². The molecule has 0 radical (unpaired) electrons. The first-order chi connectivity index (χ1) is 9.08. The van der Waals surface area contributed by atoms with Gasteiger partial charge in [-0.05, 0) is 37.1 Å². The second-order valence-corrected chi connectivity index (χ2v) is 5.52. The second kappa shape index (κ2) is 6.22. The highest BCUT2D eigenvalue weighted by Gasteiger charge is 2.14. The summed E-state index contributed by atoms with van der Waals surface area (Å²) < 4.78 is 6.47. The maximum absolute atomic E-state index is 10.4. The van der Waals surface area contributed by atoms with Crippen LogP contribution in [0.2, 0.25) is 0 Å². The van der Waals surface area contributed by atoms with E-state index in [-0.39, 0.29) is 6.10 Å². The van der Waals surface area contributed by atoms with Crippen LogP contribution >= 0.6 is 15.9 Å². The molecule has 0 aliphatic heterocycles. The van der Waals surface area contributed by atoms with Crippen molar-refractivity contribution >= 4 is 15.9 Å². The largest absolute Gasteiger partial charge is 0.491 e. The predicted molar refractivity (Wildman–Crippen MR) is 80.4 cm³/mol. The van der Waals surface area contributed by atoms with E-state index in [1.54, 1.807) is 0 Å². The first-order valence-corrected chi connectivity index (χ1v) is 7.06. The Morgan fingerprint density at radius 1 is 1.05 bits per heavy atom. The van der Waals surface area contributed by atoms with E-state index >= 15 is 0 Å². The molecule has 2 nitrogen and oxygen atoms in total. The Balaban J connectivity index is 2.26. The normalized spacial score (nSPS) is 12.5. The van der Waals surface area contributed by atoms with Gasteiger partial charge in [-0.3, -0.25) is 0 Å². The molecule has 1 N–H and O–H groups in total. The number of halogens is 1. The summed E-state index contributed by atoms with van der Waals surface area (Å²) in [6, 6.07) is 15.3. The third-order valence-corrected chi connectivity index (χ3v) is 3.44. The molecule has 19 heavy (non-hydrogen) atoms. The third kappa shape index (κ3) is 3.58. The van der Waals surface area contributed by atoms with E-state index < -0.39 is 6.10 Å². The van der Waals surface area contributed by atoms with Crippen molar-refractivity contribution < 1.29 is 9.84 Å². The summed E-state index contributed by atoms with van der Waals surface area (Å²) in [5.41, 5.74) is 1.71. The van der Waals surface area contributed by atoms with Crippen molar-refractivity contribution in [3.8, 4) is 5.75 Å². The number of benzene rings is 2. The van der Waals surface area contributed by atoms with Gasteiger partial charge in [-0.25, -0.2) is 0 Å². The van der Waals surface area contributed by atoms with Crippen LogP contribution in [0, 0.1) is 0 Å². The van der Waals surface area contributed by atoms with Crippen molar-refractivity contribution in [1.29, 1.82) is 0 Å². The minimum atomic E-state index is -0.635. The van der Waals surface area contributed by atoms with Gasteiger partial charge < -0.3 is 9.84 Å². The fourth-order valence-corrected chi connectivity index (χ4v) is 2.46. The van der Waals surface area contributed by atoms with Crippen molar-refractivity contribution in [1.82, 2.24) is 0 Å². The van der Waals surface area contributed by atoms with Crippen molar-refractivity contribution in [3.05, 3.63) is 64.1 Å². The Morgan fingerprint density at radius 3 is 2.32 bits per heavy atom. The van der Waals surface area contributed by atoms with Crippen LogP contribution in [-0.4, -0.2) is 11.2 Å². The standard InChI is InChI=1S/C16H17BrO2/c1-11(2)19-13-8-9-14(15(17)10-13)16(18)12-6-4-3-5-7-12/h3-11,16,18H,1-2H3. The molecule has 0 fully saturated rings. The summed E-state index contributed by atoms with van der Waals surface area (Å²) in [6.45, 7) is 3.97. The molecule has 2 aromatic carbocycles. The minimum Gasteiger partial charge on any atom is -0.491 e. The van der Waals surface area contributed by atoms with Crippen molar-refractivity contribution in [2.45, 2.75) is 26.1 Å². The van der Waals surface area contributed by atoms with Crippen LogP contribution < -0.4 is 4.74 Å². The average molecular weight is 321 g/mol. The molecule has 0 heterocycles. The lowest BCUT2D eigenvalue weighted by Crippen LogP contribution is -2.06. The van der Waals surface area contributed by atoms with Crippen LogP contribution in [0.5, 0.6) is 5.75 Å². The van der Waals surface area contributed by atoms with Gasteiger partial charge in [-0.2, -0.15) is 0 Å². The van der Waals surface area contributed by atoms with Gasteiger partial charge in [-0.1, -0.05) is 52.3 Å². The maximum atomic E-state index is 10.4. The Bertz CT molecular complexity index is 538. The number of hydrogen-bond acceptors (Lipinski definition) is 2. The number of aliphatic hydroxyl groups is 1. The van der Waals surface area contributed by atoms with E-state index in [2.05, 4.69) is 15.9 Å². The van der Waals surface area contributed by atoms with Gasteiger partial charge in [0.15, 0.2) is 0 Å². The highest BCUT2D eigenvalue weighted by atomic mass is 79.9. The lowest BCUT2D eigenvalue weighted by atomic mass is 10.0. The molecule has 1 atom stereocenters. The predicted octanol–water partition coefficient (Wildman–Crippen LogP) is 4.32. The monoisotopic (exact) mass is 320 g/mol. The summed E-state index contributed by atoms with van der Waals surface area (Å²) in [5.74, 6) is 0.797. The molecule has 3 heteroatoms. The zero-order chi connectivity index (χ0) is 13.8. The van der Waals surface area contributed by atoms with E-state index in [1.165, 1.54) is 0 Å². The fraction of sp³-hybridized carbons (Fsp3) is 0.250. The van der Waals surface area contributed by atoms with Gasteiger partial charge in [0, 0.05) is 4.47 Å². The van der Waals surface area contributed by atoms with Gasteiger partial charge in [0.1, 0.15) is 11.9 Å². The van der Waals surface area contributed by atoms with E-state index in [1.807, 2.05) is 62.4 Å². The lowest BCUT2D eigenvalue weighted by Gasteiger charge is -2.15. The molecule has 2 rings (SSSR count). The Morgan fingerprint density at radius 2 is 1.74 bits per heavy atom. The molecule has 1 unspecified atom stereocenters. The first kappa shape index (κ1) is 14.1. The first-order valence-electron chi connectivity index (χ1n) is 6.27. The quantitative estimate of drug-likeness (QED) is 0.909. The van der Waals surface area contributed by atoms with Gasteiger partial charge >= 0.3 is 0 Å². The van der Waals surface area contributed by atoms with Gasteiger partial charge in [-0.15, -0.1) is 0 Å². The molecule has 0 saturated carbocycles. The zero-order valence-corrected chi connectivity index (χ0v) is 12.6. The van der Waals surface area contributed by atoms with Crippen molar-refractivity contribution in [2.75, 3.05) is 0 Å².